The molecule has 0 saturated heterocycles. The van der Waals surface area contributed by atoms with Crippen molar-refractivity contribution in [2.75, 3.05) is 0 Å². The van der Waals surface area contributed by atoms with E-state index in [-0.39, 0.29) is 309 Å². The first-order valence-electron chi connectivity index (χ1n) is 0. The van der Waals surface area contributed by atoms with Crippen molar-refractivity contribution in [1.29, 1.82) is 0 Å². The van der Waals surface area contributed by atoms with Gasteiger partial charge < -0.3 is 24.6 Å². The van der Waals surface area contributed by atoms with E-state index in [1.807, 2.05) is 0 Å². The molecule has 0 spiro atoms. The summed E-state index contributed by atoms with van der Waals surface area (Å²) in [6, 6.07) is 0. The summed E-state index contributed by atoms with van der Waals surface area (Å²) in [5.74, 6) is 0. The predicted octanol–water partition coefficient (Wildman–Crippen LogP) is 7.24. The van der Waals surface area contributed by atoms with E-state index in [9.17, 15) is 0 Å². The van der Waals surface area contributed by atoms with Crippen molar-refractivity contribution in [3.8, 4) is 0 Å². The topological polar surface area (TPSA) is 140 Å². The number of halogens is 5. The summed E-state index contributed by atoms with van der Waals surface area (Å²) in [6.07, 6.45) is 0. The van der Waals surface area contributed by atoms with Crippen molar-refractivity contribution in [3.05, 3.63) is 0 Å². The zero-order valence-corrected chi connectivity index (χ0v) is 29.4. The van der Waals surface area contributed by atoms with Gasteiger partial charge in [0.15, 0.2) is 0 Å². The Hall–Kier alpha value is 7.20. The molecule has 22 heavy (non-hydrogen) atoms. The molecule has 0 rings (SSSR count). The van der Waals surface area contributed by atoms with Gasteiger partial charge in [-0.05, 0) is 0 Å². The van der Waals surface area contributed by atoms with Gasteiger partial charge in [-0.2, -0.15) is 40.5 Å². The SMILES string of the molecule is C.C.C.C.C.I.I.I.I.I.N.N.N.N.S.S.S.[Cr].[Cr].[Cr].[Cr].[Cr]. The minimum atomic E-state index is 0. The van der Waals surface area contributed by atoms with E-state index in [0.717, 1.165) is 0 Å². The van der Waals surface area contributed by atoms with Crippen molar-refractivity contribution in [2.45, 2.75) is 37.1 Å². The first kappa shape index (κ1) is 448. The summed E-state index contributed by atoms with van der Waals surface area (Å²) in [5, 5.41) is 0. The molecule has 0 fully saturated rings. The molecule has 0 aromatic carbocycles. The molecule has 0 aromatic rings. The third-order valence-electron chi connectivity index (χ3n) is 0. The van der Waals surface area contributed by atoms with Crippen molar-refractivity contribution < 1.29 is 86.8 Å². The molecule has 4 nitrogen and oxygen atoms in total. The third-order valence-corrected chi connectivity index (χ3v) is 0. The molecule has 0 saturated carbocycles. The number of hydrogen-bond donors (Lipinski definition) is 4. The molecule has 166 valence electrons. The van der Waals surface area contributed by atoms with Crippen LogP contribution < -0.4 is 24.6 Å². The van der Waals surface area contributed by atoms with Crippen LogP contribution in [-0.2, 0) is 86.8 Å². The van der Waals surface area contributed by atoms with Crippen molar-refractivity contribution in [1.82, 2.24) is 24.6 Å². The standard InChI is InChI=1S/5CH4.5Cr.5HI.4H3N.3H2S/h5*1H4;;;;;;5*1H;4*1H3;3*1H2. The zero-order chi connectivity index (χ0) is 0. The molecule has 0 aliphatic rings. The molecule has 0 amide bonds. The van der Waals surface area contributed by atoms with Crippen molar-refractivity contribution >= 4 is 160 Å². The quantitative estimate of drug-likeness (QED) is 0.190. The van der Waals surface area contributed by atoms with Crippen LogP contribution >= 0.6 is 160 Å². The Kier molecular flexibility index (Phi) is 8190. The Morgan fingerprint density at radius 2 is 0.227 bits per heavy atom. The van der Waals surface area contributed by atoms with Gasteiger partial charge in [0.2, 0.25) is 0 Å². The van der Waals surface area contributed by atoms with Crippen LogP contribution in [0.15, 0.2) is 0 Å². The average molecular weight is 1150 g/mol. The Morgan fingerprint density at radius 1 is 0.227 bits per heavy atom. The van der Waals surface area contributed by atoms with Crippen molar-refractivity contribution in [3.63, 3.8) is 0 Å². The first-order chi connectivity index (χ1) is 0. The van der Waals surface area contributed by atoms with Gasteiger partial charge in [0, 0.05) is 86.8 Å². The van der Waals surface area contributed by atoms with Gasteiger partial charge in [0.05, 0.1) is 0 Å². The molecule has 0 heterocycles. The first-order valence-corrected chi connectivity index (χ1v) is 0. The maximum Gasteiger partial charge on any atom is 0 e. The van der Waals surface area contributed by atoms with E-state index in [2.05, 4.69) is 0 Å². The fraction of sp³-hybridized carbons (Fsp3) is 1.00. The van der Waals surface area contributed by atoms with E-state index < -0.39 is 0 Å². The molecule has 17 heteroatoms. The van der Waals surface area contributed by atoms with Gasteiger partial charge in [-0.15, -0.1) is 120 Å². The second-order valence-corrected chi connectivity index (χ2v) is 0. The third kappa shape index (κ3) is 360. The maximum atomic E-state index is 0. The van der Waals surface area contributed by atoms with Crippen LogP contribution in [0, 0.1) is 0 Å². The second kappa shape index (κ2) is 402. The fourth-order valence-electron chi connectivity index (χ4n) is 0. The largest absolute Gasteiger partial charge is 0.344 e. The number of rotatable bonds is 0. The predicted molar refractivity (Wildman–Crippen MR) is 162 cm³/mol. The summed E-state index contributed by atoms with van der Waals surface area (Å²) in [4.78, 5) is 0. The van der Waals surface area contributed by atoms with Gasteiger partial charge in [-0.25, -0.2) is 0 Å². The molecular formula is C5H43Cr5I5N4S3. The molecule has 0 radical (unpaired) electrons. The molecule has 12 N–H and O–H groups in total. The number of hydrogen-bond acceptors (Lipinski definition) is 4. The summed E-state index contributed by atoms with van der Waals surface area (Å²) in [6.45, 7) is 0. The fourth-order valence-corrected chi connectivity index (χ4v) is 0. The van der Waals surface area contributed by atoms with Crippen LogP contribution in [0.25, 0.3) is 0 Å². The zero-order valence-electron chi connectivity index (χ0n) is 8.41. The molecule has 0 aromatic heterocycles. The monoisotopic (exact) mass is 1150 g/mol. The molecule has 0 bridgehead atoms. The minimum Gasteiger partial charge on any atom is -0.344 e. The van der Waals surface area contributed by atoms with Crippen LogP contribution in [0.1, 0.15) is 37.1 Å². The van der Waals surface area contributed by atoms with Crippen LogP contribution in [0.4, 0.5) is 0 Å². The van der Waals surface area contributed by atoms with E-state index in [0.29, 0.717) is 0 Å². The van der Waals surface area contributed by atoms with E-state index >= 15 is 0 Å². The molecule has 0 aliphatic carbocycles. The van der Waals surface area contributed by atoms with E-state index in [1.165, 1.54) is 0 Å². The summed E-state index contributed by atoms with van der Waals surface area (Å²) < 4.78 is 0. The molecular weight excluding hydrogens is 1110 g/mol. The Balaban J connectivity index is 0. The van der Waals surface area contributed by atoms with Gasteiger partial charge in [0.25, 0.3) is 0 Å². The van der Waals surface area contributed by atoms with Crippen LogP contribution in [-0.4, -0.2) is 0 Å². The van der Waals surface area contributed by atoms with Crippen LogP contribution in [0.5, 0.6) is 0 Å². The Morgan fingerprint density at radius 3 is 0.227 bits per heavy atom. The van der Waals surface area contributed by atoms with Gasteiger partial charge in [-0.3, -0.25) is 0 Å². The van der Waals surface area contributed by atoms with Gasteiger partial charge in [-0.1, -0.05) is 37.1 Å². The van der Waals surface area contributed by atoms with Gasteiger partial charge >= 0.3 is 0 Å². The normalized spacial score (nSPS) is 0. The summed E-state index contributed by atoms with van der Waals surface area (Å²) in [5.41, 5.74) is 0. The minimum absolute atomic E-state index is 0. The van der Waals surface area contributed by atoms with Crippen LogP contribution in [0.2, 0.25) is 0 Å². The summed E-state index contributed by atoms with van der Waals surface area (Å²) in [7, 11) is 0. The molecule has 0 unspecified atom stereocenters. The van der Waals surface area contributed by atoms with Gasteiger partial charge in [0.1, 0.15) is 0 Å². The van der Waals surface area contributed by atoms with Crippen LogP contribution in [0.3, 0.4) is 0 Å². The smallest absolute Gasteiger partial charge is 0 e. The Labute approximate surface area is 302 Å². The second-order valence-electron chi connectivity index (χ2n) is 0. The molecule has 0 atom stereocenters. The molecule has 0 aliphatic heterocycles. The summed E-state index contributed by atoms with van der Waals surface area (Å²) >= 11 is 0. The van der Waals surface area contributed by atoms with E-state index in [1.54, 1.807) is 0 Å². The maximum absolute atomic E-state index is 0. The van der Waals surface area contributed by atoms with Crippen molar-refractivity contribution in [2.24, 2.45) is 0 Å². The van der Waals surface area contributed by atoms with E-state index in [4.69, 9.17) is 0 Å². The Bertz CT molecular complexity index is 50.5. The average Bonchev–Trinajstić information content (AvgIpc) is 0.